The predicted molar refractivity (Wildman–Crippen MR) is 101 cm³/mol. The van der Waals surface area contributed by atoms with Crippen LogP contribution in [0.15, 0.2) is 72.8 Å². The summed E-state index contributed by atoms with van der Waals surface area (Å²) in [5.41, 5.74) is 4.25. The van der Waals surface area contributed by atoms with Crippen molar-refractivity contribution in [2.24, 2.45) is 5.73 Å². The molecule has 148 valence electrons. The quantitative estimate of drug-likeness (QED) is 0.642. The van der Waals surface area contributed by atoms with Gasteiger partial charge in [-0.05, 0) is 48.5 Å². The maximum atomic E-state index is 13.1. The van der Waals surface area contributed by atoms with Gasteiger partial charge in [0.2, 0.25) is 5.91 Å². The summed E-state index contributed by atoms with van der Waals surface area (Å²) in [5.74, 6) is -1.22. The second-order valence-electron chi connectivity index (χ2n) is 6.02. The third kappa shape index (κ3) is 4.92. The number of nitrogens with two attached hydrogens (primary N) is 1. The number of nitrogens with one attached hydrogen (secondary N) is 1. The lowest BCUT2D eigenvalue weighted by Gasteiger charge is -2.14. The van der Waals surface area contributed by atoms with Crippen LogP contribution in [-0.4, -0.2) is 11.8 Å². The van der Waals surface area contributed by atoms with E-state index in [1.165, 1.54) is 24.3 Å². The number of carbonyl (C=O) groups excluding carboxylic acids is 2. The molecular formula is C21H15F3N2O3. The highest BCUT2D eigenvalue weighted by Gasteiger charge is 2.32. The number of para-hydroxylation sites is 1. The average Bonchev–Trinajstić information content (AvgIpc) is 2.68. The topological polar surface area (TPSA) is 81.4 Å². The number of benzene rings is 3. The molecule has 0 aliphatic carbocycles. The second kappa shape index (κ2) is 8.05. The summed E-state index contributed by atoms with van der Waals surface area (Å²) in [6, 6.07) is 16.7. The van der Waals surface area contributed by atoms with Gasteiger partial charge in [-0.25, -0.2) is 0 Å². The van der Waals surface area contributed by atoms with Gasteiger partial charge >= 0.3 is 6.18 Å². The van der Waals surface area contributed by atoms with Crippen LogP contribution >= 0.6 is 0 Å². The smallest absolute Gasteiger partial charge is 0.416 e. The van der Waals surface area contributed by atoms with E-state index in [2.05, 4.69) is 5.32 Å². The molecule has 2 amide bonds. The molecule has 5 nitrogen and oxygen atoms in total. The molecule has 0 bridgehead atoms. The Morgan fingerprint density at radius 2 is 1.62 bits per heavy atom. The normalized spacial score (nSPS) is 11.0. The van der Waals surface area contributed by atoms with Gasteiger partial charge in [0.1, 0.15) is 11.5 Å². The number of halogens is 3. The molecule has 0 saturated carbocycles. The highest BCUT2D eigenvalue weighted by atomic mass is 19.4. The number of primary amides is 1. The monoisotopic (exact) mass is 400 g/mol. The Hall–Kier alpha value is -3.81. The van der Waals surface area contributed by atoms with Crippen LogP contribution in [0.2, 0.25) is 0 Å². The van der Waals surface area contributed by atoms with Gasteiger partial charge in [0, 0.05) is 11.3 Å². The molecule has 3 aromatic rings. The average molecular weight is 400 g/mol. The van der Waals surface area contributed by atoms with E-state index < -0.39 is 23.6 Å². The first-order valence-electron chi connectivity index (χ1n) is 8.39. The fourth-order valence-corrected chi connectivity index (χ4v) is 2.54. The standard InChI is InChI=1S/C21H15F3N2O3/c22-21(23,24)14-9-10-18(29-16-7-2-1-3-8-16)17(12-14)20(28)26-15-6-4-5-13(11-15)19(25)27/h1-12H,(H2,25,27)(H,26,28). The molecule has 0 aliphatic heterocycles. The van der Waals surface area contributed by atoms with E-state index in [-0.39, 0.29) is 22.6 Å². The van der Waals surface area contributed by atoms with Crippen LogP contribution in [0.1, 0.15) is 26.3 Å². The molecule has 29 heavy (non-hydrogen) atoms. The highest BCUT2D eigenvalue weighted by molar-refractivity contribution is 6.07. The van der Waals surface area contributed by atoms with Crippen LogP contribution in [0, 0.1) is 0 Å². The van der Waals surface area contributed by atoms with Crippen molar-refractivity contribution in [3.63, 3.8) is 0 Å². The molecule has 0 radical (unpaired) electrons. The van der Waals surface area contributed by atoms with E-state index >= 15 is 0 Å². The zero-order valence-electron chi connectivity index (χ0n) is 14.9. The number of alkyl halides is 3. The lowest BCUT2D eigenvalue weighted by Crippen LogP contribution is -2.16. The van der Waals surface area contributed by atoms with Crippen LogP contribution in [0.25, 0.3) is 0 Å². The SMILES string of the molecule is NC(=O)c1cccc(NC(=O)c2cc(C(F)(F)F)ccc2Oc2ccccc2)c1. The van der Waals surface area contributed by atoms with Gasteiger partial charge in [-0.15, -0.1) is 0 Å². The second-order valence-corrected chi connectivity index (χ2v) is 6.02. The lowest BCUT2D eigenvalue weighted by atomic mass is 10.1. The van der Waals surface area contributed by atoms with Gasteiger partial charge in [-0.2, -0.15) is 13.2 Å². The first kappa shape index (κ1) is 19.9. The van der Waals surface area contributed by atoms with Gasteiger partial charge in [0.25, 0.3) is 5.91 Å². The Kier molecular flexibility index (Phi) is 5.54. The van der Waals surface area contributed by atoms with Gasteiger partial charge in [-0.1, -0.05) is 24.3 Å². The summed E-state index contributed by atoms with van der Waals surface area (Å²) >= 11 is 0. The zero-order valence-corrected chi connectivity index (χ0v) is 14.9. The van der Waals surface area contributed by atoms with Crippen molar-refractivity contribution < 1.29 is 27.5 Å². The Morgan fingerprint density at radius 1 is 0.897 bits per heavy atom. The van der Waals surface area contributed by atoms with E-state index in [4.69, 9.17) is 10.5 Å². The number of amides is 2. The summed E-state index contributed by atoms with van der Waals surface area (Å²) in [4.78, 5) is 24.0. The van der Waals surface area contributed by atoms with Gasteiger partial charge < -0.3 is 15.8 Å². The Morgan fingerprint density at radius 3 is 2.28 bits per heavy atom. The molecule has 8 heteroatoms. The fraction of sp³-hybridized carbons (Fsp3) is 0.0476. The van der Waals surface area contributed by atoms with E-state index in [9.17, 15) is 22.8 Å². The lowest BCUT2D eigenvalue weighted by molar-refractivity contribution is -0.137. The summed E-state index contributed by atoms with van der Waals surface area (Å²) in [7, 11) is 0. The molecule has 0 fully saturated rings. The van der Waals surface area contributed by atoms with Crippen molar-refractivity contribution in [2.45, 2.75) is 6.18 Å². The van der Waals surface area contributed by atoms with Gasteiger partial charge in [0.15, 0.2) is 0 Å². The van der Waals surface area contributed by atoms with Crippen molar-refractivity contribution in [3.8, 4) is 11.5 Å². The molecule has 0 atom stereocenters. The van der Waals surface area contributed by atoms with Crippen LogP contribution in [0.4, 0.5) is 18.9 Å². The molecule has 0 spiro atoms. The van der Waals surface area contributed by atoms with Gasteiger partial charge in [0.05, 0.1) is 11.1 Å². The molecule has 3 rings (SSSR count). The summed E-state index contributed by atoms with van der Waals surface area (Å²) in [6.07, 6.45) is -4.63. The van der Waals surface area contributed by atoms with Crippen molar-refractivity contribution >= 4 is 17.5 Å². The number of hydrogen-bond acceptors (Lipinski definition) is 3. The van der Waals surface area contributed by atoms with Crippen LogP contribution in [-0.2, 0) is 6.18 Å². The molecule has 0 unspecified atom stereocenters. The van der Waals surface area contributed by atoms with Crippen molar-refractivity contribution in [1.29, 1.82) is 0 Å². The molecule has 0 heterocycles. The minimum atomic E-state index is -4.63. The highest BCUT2D eigenvalue weighted by Crippen LogP contribution is 2.34. The summed E-state index contributed by atoms with van der Waals surface area (Å²) < 4.78 is 45.0. The van der Waals surface area contributed by atoms with Crippen molar-refractivity contribution in [2.75, 3.05) is 5.32 Å². The van der Waals surface area contributed by atoms with E-state index in [0.29, 0.717) is 11.8 Å². The molecule has 0 saturated heterocycles. The molecule has 3 aromatic carbocycles. The number of anilines is 1. The summed E-state index contributed by atoms with van der Waals surface area (Å²) in [5, 5.41) is 2.46. The third-order valence-electron chi connectivity index (χ3n) is 3.93. The maximum absolute atomic E-state index is 13.1. The fourth-order valence-electron chi connectivity index (χ4n) is 2.54. The minimum Gasteiger partial charge on any atom is -0.457 e. The summed E-state index contributed by atoms with van der Waals surface area (Å²) in [6.45, 7) is 0. The third-order valence-corrected chi connectivity index (χ3v) is 3.93. The Bertz CT molecular complexity index is 1050. The number of carbonyl (C=O) groups is 2. The molecule has 0 aliphatic rings. The first-order valence-corrected chi connectivity index (χ1v) is 8.39. The van der Waals surface area contributed by atoms with E-state index in [0.717, 1.165) is 12.1 Å². The minimum absolute atomic E-state index is 0.0484. The van der Waals surface area contributed by atoms with E-state index in [1.807, 2.05) is 0 Å². The van der Waals surface area contributed by atoms with Crippen molar-refractivity contribution in [1.82, 2.24) is 0 Å². The number of rotatable bonds is 5. The van der Waals surface area contributed by atoms with E-state index in [1.54, 1.807) is 30.3 Å². The largest absolute Gasteiger partial charge is 0.457 e. The predicted octanol–water partition coefficient (Wildman–Crippen LogP) is 4.85. The number of ether oxygens (including phenoxy) is 1. The molecule has 0 aromatic heterocycles. The molecular weight excluding hydrogens is 385 g/mol. The Labute approximate surface area is 163 Å². The van der Waals surface area contributed by atoms with Crippen LogP contribution < -0.4 is 15.8 Å². The molecule has 3 N–H and O–H groups in total. The number of hydrogen-bond donors (Lipinski definition) is 2. The van der Waals surface area contributed by atoms with Crippen LogP contribution in [0.3, 0.4) is 0 Å². The maximum Gasteiger partial charge on any atom is 0.416 e. The first-order chi connectivity index (χ1) is 13.7. The van der Waals surface area contributed by atoms with Crippen LogP contribution in [0.5, 0.6) is 11.5 Å². The Balaban J connectivity index is 1.97. The van der Waals surface area contributed by atoms with Crippen molar-refractivity contribution in [3.05, 3.63) is 89.5 Å². The van der Waals surface area contributed by atoms with Gasteiger partial charge in [-0.3, -0.25) is 9.59 Å². The zero-order chi connectivity index (χ0) is 21.0.